The van der Waals surface area contributed by atoms with E-state index in [1.54, 1.807) is 6.21 Å². The lowest BCUT2D eigenvalue weighted by Gasteiger charge is -2.00. The predicted octanol–water partition coefficient (Wildman–Crippen LogP) is 4.34. The smallest absolute Gasteiger partial charge is 0.324 e. The second-order valence-corrected chi connectivity index (χ2v) is 7.54. The molecule has 22 heteroatoms. The number of aromatic hydroxyl groups is 2. The van der Waals surface area contributed by atoms with E-state index in [-0.39, 0.29) is 0 Å². The minimum atomic E-state index is -1.21. The van der Waals surface area contributed by atoms with Crippen molar-refractivity contribution in [2.45, 2.75) is 0 Å². The van der Waals surface area contributed by atoms with Gasteiger partial charge in [-0.05, 0) is 17.7 Å². The van der Waals surface area contributed by atoms with Gasteiger partial charge < -0.3 is 10.2 Å². The number of hydrogen-bond donors (Lipinski definition) is 3. The van der Waals surface area contributed by atoms with Crippen LogP contribution in [0.1, 0.15) is 5.56 Å². The number of nitro benzene ring substituents is 6. The topological polar surface area (TPSA) is 324 Å². The van der Waals surface area contributed by atoms with Crippen molar-refractivity contribution in [3.63, 3.8) is 0 Å². The Kier molecular flexibility index (Phi) is 10.3. The first-order valence-corrected chi connectivity index (χ1v) is 10.8. The van der Waals surface area contributed by atoms with Gasteiger partial charge in [-0.15, -0.1) is 0 Å². The molecule has 0 aromatic heterocycles. The summed E-state index contributed by atoms with van der Waals surface area (Å²) in [5, 5.41) is 84.4. The van der Waals surface area contributed by atoms with E-state index in [1.165, 1.54) is 5.56 Å². The number of hydrogen-bond acceptors (Lipinski definition) is 16. The molecule has 3 aromatic carbocycles. The molecular formula is C21H14N8O14. The van der Waals surface area contributed by atoms with Gasteiger partial charge in [0, 0.05) is 6.21 Å². The number of hydrazone groups is 1. The molecule has 0 saturated carbocycles. The number of nitro groups is 6. The second-order valence-electron chi connectivity index (χ2n) is 7.54. The molecule has 3 N–H and O–H groups in total. The molecule has 0 radical (unpaired) electrons. The molecule has 0 amide bonds. The highest BCUT2D eigenvalue weighted by atomic mass is 16.7. The van der Waals surface area contributed by atoms with Crippen molar-refractivity contribution in [1.82, 2.24) is 0 Å². The van der Waals surface area contributed by atoms with Gasteiger partial charge in [0.25, 0.3) is 22.9 Å². The molecule has 0 atom stereocenters. The third-order valence-electron chi connectivity index (χ3n) is 4.90. The Morgan fingerprint density at radius 3 is 1.30 bits per heavy atom. The van der Waals surface area contributed by atoms with Gasteiger partial charge in [0.15, 0.2) is 0 Å². The van der Waals surface area contributed by atoms with Gasteiger partial charge in [-0.2, -0.15) is 5.10 Å². The molecule has 1 aliphatic rings. The van der Waals surface area contributed by atoms with Crippen molar-refractivity contribution < 1.29 is 39.8 Å². The van der Waals surface area contributed by atoms with E-state index in [0.717, 1.165) is 5.69 Å². The first-order valence-electron chi connectivity index (χ1n) is 10.8. The van der Waals surface area contributed by atoms with Crippen molar-refractivity contribution in [3.8, 4) is 11.5 Å². The van der Waals surface area contributed by atoms with Gasteiger partial charge in [-0.25, -0.2) is 0 Å². The maximum atomic E-state index is 10.4. The largest absolute Gasteiger partial charge is 0.497 e. The standard InChI is InChI=1S/C9H8N2.2C6H3N3O7/c1-2-6-9-8(4-1)5-3-7-10-11-9;2*10-6-4(8(13)14)1-3(7(11)12)2-5(6)9(15)16/h1-7,11H;2*1-2,10H. The Balaban J connectivity index is 0.000000229. The number of fused-ring (bicyclic) bond motifs is 1. The zero-order valence-electron chi connectivity index (χ0n) is 20.8. The summed E-state index contributed by atoms with van der Waals surface area (Å²) in [6.07, 6.45) is 5.68. The van der Waals surface area contributed by atoms with Crippen LogP contribution >= 0.6 is 0 Å². The summed E-state index contributed by atoms with van der Waals surface area (Å²) >= 11 is 0. The normalized spacial score (nSPS) is 10.7. The predicted molar refractivity (Wildman–Crippen MR) is 144 cm³/mol. The number of allylic oxidation sites excluding steroid dienone is 1. The Hall–Kier alpha value is -7.13. The molecule has 0 fully saturated rings. The minimum Gasteiger partial charge on any atom is -0.497 e. The number of anilines is 1. The van der Waals surface area contributed by atoms with E-state index in [0.29, 0.717) is 24.3 Å². The summed E-state index contributed by atoms with van der Waals surface area (Å²) in [4.78, 5) is 55.5. The number of rotatable bonds is 6. The van der Waals surface area contributed by atoms with Crippen molar-refractivity contribution >= 4 is 52.1 Å². The Morgan fingerprint density at radius 2 is 0.953 bits per heavy atom. The maximum Gasteiger partial charge on any atom is 0.324 e. The van der Waals surface area contributed by atoms with Gasteiger partial charge >= 0.3 is 22.7 Å². The van der Waals surface area contributed by atoms with Crippen molar-refractivity contribution in [1.29, 1.82) is 0 Å². The van der Waals surface area contributed by atoms with E-state index < -0.39 is 75.2 Å². The fraction of sp³-hybridized carbons (Fsp3) is 0. The van der Waals surface area contributed by atoms with E-state index in [4.69, 9.17) is 10.2 Å². The van der Waals surface area contributed by atoms with Gasteiger partial charge in [0.05, 0.1) is 59.5 Å². The molecule has 0 aliphatic carbocycles. The van der Waals surface area contributed by atoms with Crippen LogP contribution in [-0.2, 0) is 0 Å². The summed E-state index contributed by atoms with van der Waals surface area (Å²) in [6, 6.07) is 9.84. The summed E-state index contributed by atoms with van der Waals surface area (Å²) < 4.78 is 0. The number of non-ortho nitro benzene ring substituents is 2. The number of benzene rings is 3. The van der Waals surface area contributed by atoms with Crippen LogP contribution in [0.5, 0.6) is 11.5 Å². The molecule has 22 nitrogen and oxygen atoms in total. The van der Waals surface area contributed by atoms with Crippen LogP contribution in [0, 0.1) is 60.7 Å². The van der Waals surface area contributed by atoms with E-state index in [9.17, 15) is 60.7 Å². The SMILES string of the molecule is C1=Cc2ccccc2NN=C1.O=[N+]([O-])c1cc([N+](=O)[O-])c(O)c([N+](=O)[O-])c1.O=[N+]([O-])c1cc([N+](=O)[O-])c(O)c([N+](=O)[O-])c1. The number of nitrogens with one attached hydrogen (secondary N) is 1. The molecule has 3 aromatic rings. The zero-order chi connectivity index (χ0) is 32.4. The lowest BCUT2D eigenvalue weighted by atomic mass is 10.2. The van der Waals surface area contributed by atoms with Gasteiger partial charge in [0.1, 0.15) is 0 Å². The Morgan fingerprint density at radius 1 is 0.581 bits per heavy atom. The van der Waals surface area contributed by atoms with Crippen LogP contribution < -0.4 is 5.43 Å². The highest BCUT2D eigenvalue weighted by Gasteiger charge is 2.31. The van der Waals surface area contributed by atoms with Crippen LogP contribution in [-0.4, -0.2) is 46.0 Å². The Bertz CT molecular complexity index is 1540. The van der Waals surface area contributed by atoms with E-state index >= 15 is 0 Å². The summed E-state index contributed by atoms with van der Waals surface area (Å²) in [5.74, 6) is -2.42. The average molecular weight is 602 g/mol. The average Bonchev–Trinajstić information content (AvgIpc) is 3.18. The van der Waals surface area contributed by atoms with Crippen molar-refractivity contribution in [3.05, 3.63) is 121 Å². The Labute approximate surface area is 235 Å². The third-order valence-corrected chi connectivity index (χ3v) is 4.90. The fourth-order valence-corrected chi connectivity index (χ4v) is 2.99. The molecule has 0 saturated heterocycles. The summed E-state index contributed by atoms with van der Waals surface area (Å²) in [6.45, 7) is 0. The lowest BCUT2D eigenvalue weighted by Crippen LogP contribution is -1.97. The van der Waals surface area contributed by atoms with Crippen LogP contribution in [0.4, 0.5) is 39.8 Å². The monoisotopic (exact) mass is 602 g/mol. The summed E-state index contributed by atoms with van der Waals surface area (Å²) in [5.41, 5.74) is -0.847. The quantitative estimate of drug-likeness (QED) is 0.261. The van der Waals surface area contributed by atoms with Crippen molar-refractivity contribution in [2.24, 2.45) is 5.10 Å². The van der Waals surface area contributed by atoms with E-state index in [1.807, 2.05) is 36.4 Å². The number of phenols is 2. The molecular weight excluding hydrogens is 588 g/mol. The molecule has 1 heterocycles. The minimum absolute atomic E-state index is 0.447. The fourth-order valence-electron chi connectivity index (χ4n) is 2.99. The molecule has 1 aliphatic heterocycles. The zero-order valence-corrected chi connectivity index (χ0v) is 20.8. The molecule has 0 unspecified atom stereocenters. The number of phenolic OH excluding ortho intramolecular Hbond substituents is 2. The van der Waals surface area contributed by atoms with Crippen molar-refractivity contribution in [2.75, 3.05) is 5.43 Å². The number of para-hydroxylation sites is 1. The molecule has 222 valence electrons. The van der Waals surface area contributed by atoms with Gasteiger partial charge in [-0.3, -0.25) is 66.1 Å². The molecule has 43 heavy (non-hydrogen) atoms. The third kappa shape index (κ3) is 8.18. The first kappa shape index (κ1) is 32.1. The summed E-state index contributed by atoms with van der Waals surface area (Å²) in [7, 11) is 0. The van der Waals surface area contributed by atoms with Crippen LogP contribution in [0.15, 0.2) is 59.7 Å². The number of nitrogens with zero attached hydrogens (tertiary/aromatic N) is 7. The maximum absolute atomic E-state index is 10.4. The second kappa shape index (κ2) is 13.8. The van der Waals surface area contributed by atoms with Crippen LogP contribution in [0.25, 0.3) is 6.08 Å². The van der Waals surface area contributed by atoms with Crippen LogP contribution in [0.3, 0.4) is 0 Å². The first-order chi connectivity index (χ1) is 20.1. The highest BCUT2D eigenvalue weighted by molar-refractivity contribution is 5.83. The highest BCUT2D eigenvalue weighted by Crippen LogP contribution is 2.40. The van der Waals surface area contributed by atoms with Crippen LogP contribution in [0.2, 0.25) is 0 Å². The van der Waals surface area contributed by atoms with Gasteiger partial charge in [0.2, 0.25) is 0 Å². The molecule has 4 rings (SSSR count). The lowest BCUT2D eigenvalue weighted by molar-refractivity contribution is -0.404. The molecule has 0 bridgehead atoms. The van der Waals surface area contributed by atoms with Gasteiger partial charge in [-0.1, -0.05) is 24.3 Å². The molecule has 0 spiro atoms. The van der Waals surface area contributed by atoms with E-state index in [2.05, 4.69) is 10.5 Å².